The molecule has 0 unspecified atom stereocenters. The predicted molar refractivity (Wildman–Crippen MR) is 72.8 cm³/mol. The third kappa shape index (κ3) is 1.83. The number of rotatable bonds is 3. The van der Waals surface area contributed by atoms with Crippen molar-refractivity contribution in [3.8, 4) is 0 Å². The van der Waals surface area contributed by atoms with Gasteiger partial charge in [-0.2, -0.15) is 5.10 Å². The smallest absolute Gasteiger partial charge is 0.158 e. The molecule has 0 bridgehead atoms. The molecule has 4 nitrogen and oxygen atoms in total. The Labute approximate surface area is 112 Å². The van der Waals surface area contributed by atoms with Crippen molar-refractivity contribution in [1.29, 1.82) is 0 Å². The maximum absolute atomic E-state index is 6.04. The molecule has 1 aliphatic carbocycles. The third-order valence-electron chi connectivity index (χ3n) is 4.00. The molecule has 1 fully saturated rings. The van der Waals surface area contributed by atoms with Gasteiger partial charge < -0.3 is 4.57 Å². The van der Waals surface area contributed by atoms with Crippen LogP contribution in [0.25, 0.3) is 11.2 Å². The van der Waals surface area contributed by atoms with Gasteiger partial charge in [-0.05, 0) is 25.7 Å². The summed E-state index contributed by atoms with van der Waals surface area (Å²) >= 11 is 6.04. The quantitative estimate of drug-likeness (QED) is 0.801. The highest BCUT2D eigenvalue weighted by molar-refractivity contribution is 6.16. The van der Waals surface area contributed by atoms with Crippen molar-refractivity contribution in [2.45, 2.75) is 45.0 Å². The molecule has 3 rings (SSSR count). The second kappa shape index (κ2) is 4.57. The Morgan fingerprint density at radius 3 is 2.72 bits per heavy atom. The molecular formula is C13H19ClN4. The van der Waals surface area contributed by atoms with Crippen LogP contribution in [0, 0.1) is 12.8 Å². The van der Waals surface area contributed by atoms with E-state index in [1.807, 2.05) is 18.7 Å². The average Bonchev–Trinajstić information content (AvgIpc) is 3.01. The lowest BCUT2D eigenvalue weighted by Gasteiger charge is -2.13. The van der Waals surface area contributed by atoms with Crippen LogP contribution in [0.1, 0.15) is 37.2 Å². The van der Waals surface area contributed by atoms with E-state index in [9.17, 15) is 0 Å². The second-order valence-corrected chi connectivity index (χ2v) is 5.57. The number of fused-ring (bicyclic) bond motifs is 1. The molecule has 0 aliphatic heterocycles. The van der Waals surface area contributed by atoms with Gasteiger partial charge in [-0.1, -0.05) is 12.8 Å². The Bertz CT molecular complexity index is 563. The van der Waals surface area contributed by atoms with Crippen LogP contribution >= 0.6 is 11.6 Å². The number of imidazole rings is 1. The van der Waals surface area contributed by atoms with Gasteiger partial charge in [0.05, 0.1) is 11.6 Å². The molecule has 98 valence electrons. The topological polar surface area (TPSA) is 35.6 Å². The first-order chi connectivity index (χ1) is 8.70. The molecule has 5 heteroatoms. The van der Waals surface area contributed by atoms with Gasteiger partial charge in [0.2, 0.25) is 0 Å². The molecule has 0 atom stereocenters. The number of aryl methyl sites for hydroxylation is 2. The summed E-state index contributed by atoms with van der Waals surface area (Å²) in [6.45, 7) is 3.05. The minimum Gasteiger partial charge on any atom is -0.312 e. The summed E-state index contributed by atoms with van der Waals surface area (Å²) in [4.78, 5) is 4.64. The van der Waals surface area contributed by atoms with Crippen LogP contribution in [-0.2, 0) is 19.5 Å². The Balaban J connectivity index is 2.06. The molecule has 2 aromatic rings. The van der Waals surface area contributed by atoms with Gasteiger partial charge in [0.25, 0.3) is 0 Å². The summed E-state index contributed by atoms with van der Waals surface area (Å²) in [5.41, 5.74) is 3.12. The van der Waals surface area contributed by atoms with E-state index in [2.05, 4.69) is 14.6 Å². The zero-order valence-corrected chi connectivity index (χ0v) is 11.7. The monoisotopic (exact) mass is 266 g/mol. The van der Waals surface area contributed by atoms with E-state index in [1.165, 1.54) is 25.7 Å². The Morgan fingerprint density at radius 2 is 2.06 bits per heavy atom. The van der Waals surface area contributed by atoms with E-state index in [-0.39, 0.29) is 0 Å². The molecule has 0 N–H and O–H groups in total. The molecule has 0 saturated heterocycles. The first-order valence-corrected chi connectivity index (χ1v) is 7.19. The molecule has 1 aliphatic rings. The van der Waals surface area contributed by atoms with Gasteiger partial charge in [0.1, 0.15) is 11.3 Å². The zero-order valence-electron chi connectivity index (χ0n) is 11.0. The average molecular weight is 267 g/mol. The van der Waals surface area contributed by atoms with Crippen molar-refractivity contribution < 1.29 is 0 Å². The van der Waals surface area contributed by atoms with E-state index >= 15 is 0 Å². The molecule has 2 heterocycles. The standard InChI is InChI=1S/C13H19ClN4/c1-9-12-13(17(2)16-9)18(11(7-14)15-12)8-10-5-3-4-6-10/h10H,3-8H2,1-2H3. The van der Waals surface area contributed by atoms with E-state index < -0.39 is 0 Å². The molecule has 0 aromatic carbocycles. The molecule has 2 aromatic heterocycles. The van der Waals surface area contributed by atoms with Gasteiger partial charge in [-0.15, -0.1) is 11.6 Å². The van der Waals surface area contributed by atoms with Crippen molar-refractivity contribution in [3.63, 3.8) is 0 Å². The van der Waals surface area contributed by atoms with Crippen LogP contribution in [0.3, 0.4) is 0 Å². The Hall–Kier alpha value is -1.03. The highest BCUT2D eigenvalue weighted by Gasteiger charge is 2.21. The van der Waals surface area contributed by atoms with Gasteiger partial charge in [-0.3, -0.25) is 4.68 Å². The van der Waals surface area contributed by atoms with E-state index in [0.717, 1.165) is 35.1 Å². The SMILES string of the molecule is Cc1nn(C)c2c1nc(CCl)n2CC1CCCC1. The highest BCUT2D eigenvalue weighted by atomic mass is 35.5. The second-order valence-electron chi connectivity index (χ2n) is 5.30. The summed E-state index contributed by atoms with van der Waals surface area (Å²) in [7, 11) is 1.99. The zero-order chi connectivity index (χ0) is 12.7. The first-order valence-electron chi connectivity index (χ1n) is 6.65. The van der Waals surface area contributed by atoms with Crippen LogP contribution in [0.15, 0.2) is 0 Å². The van der Waals surface area contributed by atoms with Crippen molar-refractivity contribution >= 4 is 22.8 Å². The summed E-state index contributed by atoms with van der Waals surface area (Å²) in [6, 6.07) is 0. The maximum Gasteiger partial charge on any atom is 0.158 e. The summed E-state index contributed by atoms with van der Waals surface area (Å²) < 4.78 is 4.21. The fourth-order valence-electron chi connectivity index (χ4n) is 3.12. The molecule has 18 heavy (non-hydrogen) atoms. The molecule has 0 spiro atoms. The first kappa shape index (κ1) is 12.0. The van der Waals surface area contributed by atoms with Gasteiger partial charge in [0, 0.05) is 13.6 Å². The fourth-order valence-corrected chi connectivity index (χ4v) is 3.33. The van der Waals surface area contributed by atoms with Crippen molar-refractivity contribution in [2.75, 3.05) is 0 Å². The lowest BCUT2D eigenvalue weighted by molar-refractivity contribution is 0.452. The van der Waals surface area contributed by atoms with Crippen LogP contribution in [-0.4, -0.2) is 19.3 Å². The van der Waals surface area contributed by atoms with E-state index in [0.29, 0.717) is 5.88 Å². The fraction of sp³-hybridized carbons (Fsp3) is 0.692. The summed E-state index contributed by atoms with van der Waals surface area (Å²) in [5.74, 6) is 2.23. The Kier molecular flexibility index (Phi) is 3.06. The third-order valence-corrected chi connectivity index (χ3v) is 4.24. The molecule has 0 amide bonds. The molecule has 0 radical (unpaired) electrons. The highest BCUT2D eigenvalue weighted by Crippen LogP contribution is 2.29. The van der Waals surface area contributed by atoms with Crippen molar-refractivity contribution in [2.24, 2.45) is 13.0 Å². The number of aromatic nitrogens is 4. The van der Waals surface area contributed by atoms with Crippen LogP contribution in [0.5, 0.6) is 0 Å². The lowest BCUT2D eigenvalue weighted by Crippen LogP contribution is -2.12. The minimum absolute atomic E-state index is 0.473. The number of alkyl halides is 1. The maximum atomic E-state index is 6.04. The molecule has 1 saturated carbocycles. The normalized spacial score (nSPS) is 17.1. The van der Waals surface area contributed by atoms with Gasteiger partial charge >= 0.3 is 0 Å². The van der Waals surface area contributed by atoms with Gasteiger partial charge in [-0.25, -0.2) is 4.98 Å². The Morgan fingerprint density at radius 1 is 1.33 bits per heavy atom. The van der Waals surface area contributed by atoms with Crippen molar-refractivity contribution in [1.82, 2.24) is 19.3 Å². The summed E-state index contributed by atoms with van der Waals surface area (Å²) in [6.07, 6.45) is 5.39. The number of halogens is 1. The van der Waals surface area contributed by atoms with E-state index in [4.69, 9.17) is 11.6 Å². The van der Waals surface area contributed by atoms with Crippen LogP contribution in [0.4, 0.5) is 0 Å². The van der Waals surface area contributed by atoms with Gasteiger partial charge in [0.15, 0.2) is 5.65 Å². The van der Waals surface area contributed by atoms with Crippen LogP contribution < -0.4 is 0 Å². The van der Waals surface area contributed by atoms with Crippen molar-refractivity contribution in [3.05, 3.63) is 11.5 Å². The minimum atomic E-state index is 0.473. The number of hydrogen-bond acceptors (Lipinski definition) is 2. The number of nitrogens with zero attached hydrogens (tertiary/aromatic N) is 4. The summed E-state index contributed by atoms with van der Waals surface area (Å²) in [5, 5.41) is 4.45. The molecular weight excluding hydrogens is 248 g/mol. The lowest BCUT2D eigenvalue weighted by atomic mass is 10.1. The van der Waals surface area contributed by atoms with E-state index in [1.54, 1.807) is 0 Å². The predicted octanol–water partition coefficient (Wildman–Crippen LogP) is 3.01. The largest absolute Gasteiger partial charge is 0.312 e. The number of hydrogen-bond donors (Lipinski definition) is 0. The van der Waals surface area contributed by atoms with Crippen LogP contribution in [0.2, 0.25) is 0 Å².